The van der Waals surface area contributed by atoms with Gasteiger partial charge in [-0.25, -0.2) is 9.78 Å². The lowest BCUT2D eigenvalue weighted by Crippen LogP contribution is -2.33. The normalized spacial score (nSPS) is 10.7. The van der Waals surface area contributed by atoms with E-state index in [0.717, 1.165) is 0 Å². The molecule has 0 fully saturated rings. The molecule has 82 valence electrons. The fourth-order valence-electron chi connectivity index (χ4n) is 0.784. The van der Waals surface area contributed by atoms with E-state index in [-0.39, 0.29) is 17.4 Å². The number of hydrogen-bond acceptors (Lipinski definition) is 5. The van der Waals surface area contributed by atoms with Gasteiger partial charge in [0.15, 0.2) is 0 Å². The lowest BCUT2D eigenvalue weighted by Gasteiger charge is -2.04. The number of carbonyl (C=O) groups excluding carboxylic acids is 1. The van der Waals surface area contributed by atoms with Crippen molar-refractivity contribution < 1.29 is 25.9 Å². The predicted molar refractivity (Wildman–Crippen MR) is 46.2 cm³/mol. The van der Waals surface area contributed by atoms with Gasteiger partial charge in [0.25, 0.3) is 0 Å². The minimum atomic E-state index is -0.865. The molecule has 14 heavy (non-hydrogen) atoms. The lowest BCUT2D eigenvalue weighted by molar-refractivity contribution is -0.235. The number of aromatic amines is 1. The quantitative estimate of drug-likeness (QED) is 0.372. The third-order valence-corrected chi connectivity index (χ3v) is 1.39. The van der Waals surface area contributed by atoms with Crippen LogP contribution in [-0.4, -0.2) is 38.2 Å². The first-order valence-corrected chi connectivity index (χ1v) is 3.32. The van der Waals surface area contributed by atoms with Gasteiger partial charge >= 0.3 is 5.97 Å². The summed E-state index contributed by atoms with van der Waals surface area (Å²) in [6, 6.07) is -0.865. The zero-order valence-electron chi connectivity index (χ0n) is 7.23. The Labute approximate surface area is 79.3 Å². The minimum absolute atomic E-state index is 0. The van der Waals surface area contributed by atoms with Crippen LogP contribution in [0.25, 0.3) is 0 Å². The molecule has 0 aliphatic rings. The van der Waals surface area contributed by atoms with E-state index in [1.165, 1.54) is 6.33 Å². The molecule has 0 amide bonds. The molecule has 0 spiro atoms. The smallest absolute Gasteiger partial charge is 0.358 e. The van der Waals surface area contributed by atoms with Gasteiger partial charge in [0.05, 0.1) is 6.33 Å². The highest BCUT2D eigenvalue weighted by atomic mass is 17.1. The van der Waals surface area contributed by atoms with Gasteiger partial charge in [-0.3, -0.25) is 4.89 Å². The second-order valence-corrected chi connectivity index (χ2v) is 2.30. The van der Waals surface area contributed by atoms with Crippen molar-refractivity contribution in [3.05, 3.63) is 18.2 Å². The average molecular weight is 207 g/mol. The zero-order chi connectivity index (χ0) is 8.97. The van der Waals surface area contributed by atoms with Gasteiger partial charge in [0.2, 0.25) is 0 Å². The van der Waals surface area contributed by atoms with E-state index in [0.29, 0.717) is 5.69 Å². The Morgan fingerprint density at radius 3 is 2.79 bits per heavy atom. The van der Waals surface area contributed by atoms with Crippen LogP contribution in [0.15, 0.2) is 12.5 Å². The van der Waals surface area contributed by atoms with Crippen LogP contribution in [0.2, 0.25) is 0 Å². The summed E-state index contributed by atoms with van der Waals surface area (Å²) in [7, 11) is 0. The van der Waals surface area contributed by atoms with Gasteiger partial charge in [-0.2, -0.15) is 5.26 Å². The SMILES string of the molecule is NC(Cc1cnc[nH]1)C(=O)OO.O.O. The number of nitrogens with two attached hydrogens (primary N) is 1. The summed E-state index contributed by atoms with van der Waals surface area (Å²) in [5, 5.41) is 7.98. The van der Waals surface area contributed by atoms with E-state index < -0.39 is 12.0 Å². The van der Waals surface area contributed by atoms with Crippen molar-refractivity contribution in [1.29, 1.82) is 0 Å². The van der Waals surface area contributed by atoms with E-state index in [2.05, 4.69) is 14.9 Å². The summed E-state index contributed by atoms with van der Waals surface area (Å²) in [6.45, 7) is 0. The Kier molecular flexibility index (Phi) is 7.48. The number of H-pyrrole nitrogens is 1. The fourth-order valence-corrected chi connectivity index (χ4v) is 0.784. The Morgan fingerprint density at radius 2 is 2.36 bits per heavy atom. The van der Waals surface area contributed by atoms with Crippen LogP contribution in [0.3, 0.4) is 0 Å². The Balaban J connectivity index is 0. The van der Waals surface area contributed by atoms with E-state index in [1.54, 1.807) is 6.20 Å². The molecule has 0 aliphatic carbocycles. The van der Waals surface area contributed by atoms with Gasteiger partial charge in [0.1, 0.15) is 6.04 Å². The summed E-state index contributed by atoms with van der Waals surface area (Å²) in [5.41, 5.74) is 6.05. The lowest BCUT2D eigenvalue weighted by atomic mass is 10.2. The maximum Gasteiger partial charge on any atom is 0.358 e. The molecule has 0 saturated carbocycles. The average Bonchev–Trinajstić information content (AvgIpc) is 2.55. The third kappa shape index (κ3) is 3.96. The standard InChI is InChI=1S/C6H9N3O3.2H2O/c7-5(6(10)12-11)1-4-2-8-3-9-4;;/h2-3,5,11H,1,7H2,(H,8,9);2*1H2. The second-order valence-electron chi connectivity index (χ2n) is 2.30. The van der Waals surface area contributed by atoms with Crippen molar-refractivity contribution in [3.63, 3.8) is 0 Å². The van der Waals surface area contributed by atoms with Crippen molar-refractivity contribution in [1.82, 2.24) is 9.97 Å². The number of hydrogen-bond donors (Lipinski definition) is 3. The van der Waals surface area contributed by atoms with Crippen LogP contribution in [0.5, 0.6) is 0 Å². The summed E-state index contributed by atoms with van der Waals surface area (Å²) >= 11 is 0. The minimum Gasteiger partial charge on any atom is -0.412 e. The van der Waals surface area contributed by atoms with E-state index in [4.69, 9.17) is 11.0 Å². The molecule has 8 heteroatoms. The molecule has 1 heterocycles. The first-order chi connectivity index (χ1) is 5.74. The molecule has 0 radical (unpaired) electrons. The fraction of sp³-hybridized carbons (Fsp3) is 0.333. The van der Waals surface area contributed by atoms with Gasteiger partial charge in [-0.1, -0.05) is 0 Å². The monoisotopic (exact) mass is 207 g/mol. The Hall–Kier alpha value is -1.48. The van der Waals surface area contributed by atoms with Crippen LogP contribution in [0.4, 0.5) is 0 Å². The molecule has 1 unspecified atom stereocenters. The van der Waals surface area contributed by atoms with Crippen LogP contribution < -0.4 is 5.73 Å². The highest BCUT2D eigenvalue weighted by Gasteiger charge is 2.15. The number of nitrogens with zero attached hydrogens (tertiary/aromatic N) is 1. The molecule has 0 bridgehead atoms. The highest BCUT2D eigenvalue weighted by molar-refractivity contribution is 5.75. The molecular formula is C6H13N3O5. The number of imidazole rings is 1. The largest absolute Gasteiger partial charge is 0.412 e. The van der Waals surface area contributed by atoms with E-state index >= 15 is 0 Å². The van der Waals surface area contributed by atoms with Crippen LogP contribution in [0.1, 0.15) is 5.69 Å². The van der Waals surface area contributed by atoms with Crippen molar-refractivity contribution in [2.75, 3.05) is 0 Å². The molecule has 8 nitrogen and oxygen atoms in total. The molecule has 1 aromatic heterocycles. The number of rotatable bonds is 3. The topological polar surface area (TPSA) is 164 Å². The molecular weight excluding hydrogens is 194 g/mol. The van der Waals surface area contributed by atoms with Gasteiger partial charge in [-0.15, -0.1) is 0 Å². The summed E-state index contributed by atoms with van der Waals surface area (Å²) in [6.07, 6.45) is 3.29. The number of aromatic nitrogens is 2. The van der Waals surface area contributed by atoms with Gasteiger partial charge < -0.3 is 21.7 Å². The van der Waals surface area contributed by atoms with E-state index in [1.807, 2.05) is 0 Å². The molecule has 1 aromatic rings. The summed E-state index contributed by atoms with van der Waals surface area (Å²) in [4.78, 5) is 20.6. The van der Waals surface area contributed by atoms with Crippen molar-refractivity contribution >= 4 is 5.97 Å². The van der Waals surface area contributed by atoms with Crippen LogP contribution >= 0.6 is 0 Å². The van der Waals surface area contributed by atoms with Crippen LogP contribution in [0, 0.1) is 0 Å². The Bertz CT molecular complexity index is 250. The Morgan fingerprint density at radius 1 is 1.71 bits per heavy atom. The molecule has 1 rings (SSSR count). The predicted octanol–water partition coefficient (Wildman–Crippen LogP) is -2.35. The van der Waals surface area contributed by atoms with Crippen molar-refractivity contribution in [2.45, 2.75) is 12.5 Å². The summed E-state index contributed by atoms with van der Waals surface area (Å²) < 4.78 is 0. The summed E-state index contributed by atoms with van der Waals surface area (Å²) in [5.74, 6) is -0.857. The van der Waals surface area contributed by atoms with Crippen molar-refractivity contribution in [2.24, 2.45) is 5.73 Å². The second kappa shape index (κ2) is 6.97. The number of carbonyl (C=O) groups is 1. The molecule has 1 atom stereocenters. The van der Waals surface area contributed by atoms with Gasteiger partial charge in [-0.05, 0) is 0 Å². The molecule has 0 aromatic carbocycles. The zero-order valence-corrected chi connectivity index (χ0v) is 7.23. The maximum atomic E-state index is 10.6. The molecule has 0 saturated heterocycles. The van der Waals surface area contributed by atoms with Crippen LogP contribution in [-0.2, 0) is 16.1 Å². The van der Waals surface area contributed by atoms with Gasteiger partial charge in [0, 0.05) is 18.3 Å². The molecule has 8 N–H and O–H groups in total. The first kappa shape index (κ1) is 15.0. The highest BCUT2D eigenvalue weighted by Crippen LogP contribution is 1.96. The van der Waals surface area contributed by atoms with Crippen molar-refractivity contribution in [3.8, 4) is 0 Å². The first-order valence-electron chi connectivity index (χ1n) is 3.32. The van der Waals surface area contributed by atoms with E-state index in [9.17, 15) is 4.79 Å². The third-order valence-electron chi connectivity index (χ3n) is 1.39. The molecule has 0 aliphatic heterocycles. The number of nitrogens with one attached hydrogen (secondary N) is 1. The maximum absolute atomic E-state index is 10.6.